The van der Waals surface area contributed by atoms with E-state index in [1.807, 2.05) is 0 Å². The zero-order chi connectivity index (χ0) is 22.0. The van der Waals surface area contributed by atoms with Crippen molar-refractivity contribution >= 4 is 29.0 Å². The molecule has 4 aromatic rings. The fraction of sp³-hybridized carbons (Fsp3) is 0.143. The molecule has 0 bridgehead atoms. The number of nitro benzene ring substituents is 1. The van der Waals surface area contributed by atoms with Crippen LogP contribution >= 0.6 is 11.8 Å². The number of carbonyl (C=O) groups excluding carboxylic acids is 1. The number of rotatable bonds is 7. The molecule has 9 nitrogen and oxygen atoms in total. The topological polar surface area (TPSA) is 127 Å². The summed E-state index contributed by atoms with van der Waals surface area (Å²) in [7, 11) is 0. The van der Waals surface area contributed by atoms with Crippen molar-refractivity contribution in [2.45, 2.75) is 24.3 Å². The number of non-ortho nitro benzene ring substituents is 1. The zero-order valence-corrected chi connectivity index (χ0v) is 17.4. The Balaban J connectivity index is 1.54. The second-order valence-electron chi connectivity index (χ2n) is 6.73. The minimum Gasteiger partial charge on any atom is -0.463 e. The Bertz CT molecular complexity index is 1160. The maximum absolute atomic E-state index is 12.7. The van der Waals surface area contributed by atoms with Gasteiger partial charge in [0, 0.05) is 12.1 Å². The van der Waals surface area contributed by atoms with Gasteiger partial charge in [-0.25, -0.2) is 4.98 Å². The molecule has 1 amide bonds. The van der Waals surface area contributed by atoms with Gasteiger partial charge in [0.15, 0.2) is 16.7 Å². The van der Waals surface area contributed by atoms with Crippen LogP contribution in [0.4, 0.5) is 11.4 Å². The minimum absolute atomic E-state index is 0.0848. The first-order valence-corrected chi connectivity index (χ1v) is 10.2. The third-order valence-corrected chi connectivity index (χ3v) is 5.54. The number of amides is 1. The maximum atomic E-state index is 12.7. The first-order valence-electron chi connectivity index (χ1n) is 9.32. The molecular formula is C21H18N4O5S. The lowest BCUT2D eigenvalue weighted by molar-refractivity contribution is -0.384. The number of H-pyrrole nitrogens is 1. The molecule has 158 valence electrons. The van der Waals surface area contributed by atoms with Gasteiger partial charge in [-0.05, 0) is 43.7 Å². The number of thioether (sulfide) groups is 1. The van der Waals surface area contributed by atoms with Gasteiger partial charge in [-0.1, -0.05) is 17.8 Å². The number of imidazole rings is 1. The summed E-state index contributed by atoms with van der Waals surface area (Å²) in [4.78, 5) is 31.0. The zero-order valence-electron chi connectivity index (χ0n) is 16.6. The fourth-order valence-electron chi connectivity index (χ4n) is 2.91. The number of nitrogens with zero attached hydrogens (tertiary/aromatic N) is 2. The van der Waals surface area contributed by atoms with Gasteiger partial charge >= 0.3 is 0 Å². The number of carbonyl (C=O) groups is 1. The van der Waals surface area contributed by atoms with Crippen LogP contribution in [0.25, 0.3) is 22.9 Å². The molecule has 0 saturated heterocycles. The van der Waals surface area contributed by atoms with E-state index in [9.17, 15) is 14.9 Å². The molecule has 31 heavy (non-hydrogen) atoms. The highest BCUT2D eigenvalue weighted by Gasteiger charge is 2.22. The number of nitro groups is 1. The van der Waals surface area contributed by atoms with E-state index in [1.54, 1.807) is 56.7 Å². The van der Waals surface area contributed by atoms with Crippen molar-refractivity contribution in [3.8, 4) is 22.9 Å². The maximum Gasteiger partial charge on any atom is 0.271 e. The largest absolute Gasteiger partial charge is 0.463 e. The lowest BCUT2D eigenvalue weighted by atomic mass is 10.2. The van der Waals surface area contributed by atoms with Crippen LogP contribution in [0.5, 0.6) is 0 Å². The van der Waals surface area contributed by atoms with Crippen molar-refractivity contribution in [3.05, 3.63) is 70.7 Å². The molecule has 0 aliphatic rings. The van der Waals surface area contributed by atoms with Crippen LogP contribution in [-0.4, -0.2) is 26.0 Å². The summed E-state index contributed by atoms with van der Waals surface area (Å²) in [5.74, 6) is 0.859. The molecular weight excluding hydrogens is 420 g/mol. The minimum atomic E-state index is -0.529. The van der Waals surface area contributed by atoms with Crippen LogP contribution in [0.3, 0.4) is 0 Å². The predicted octanol–water partition coefficient (Wildman–Crippen LogP) is 5.27. The molecule has 0 aliphatic carbocycles. The van der Waals surface area contributed by atoms with Crippen molar-refractivity contribution in [3.63, 3.8) is 0 Å². The third kappa shape index (κ3) is 4.38. The average Bonchev–Trinajstić information content (AvgIpc) is 3.50. The van der Waals surface area contributed by atoms with Crippen molar-refractivity contribution in [1.29, 1.82) is 0 Å². The van der Waals surface area contributed by atoms with Crippen LogP contribution in [0, 0.1) is 17.0 Å². The van der Waals surface area contributed by atoms with E-state index in [-0.39, 0.29) is 11.6 Å². The summed E-state index contributed by atoms with van der Waals surface area (Å²) in [6, 6.07) is 11.5. The Labute approximate surface area is 181 Å². The molecule has 0 saturated carbocycles. The molecule has 0 radical (unpaired) electrons. The van der Waals surface area contributed by atoms with Gasteiger partial charge in [0.2, 0.25) is 5.91 Å². The lowest BCUT2D eigenvalue weighted by Gasteiger charge is -2.12. The molecule has 10 heteroatoms. The molecule has 1 aromatic carbocycles. The standard InChI is InChI=1S/C21H18N4O5S/c1-12-7-8-14(25(27)28)11-15(12)22-20(26)13(2)31-21-23-18(16-5-3-9-29-16)19(24-21)17-6-4-10-30-17/h3-11,13H,1-2H3,(H,22,26)(H,23,24). The molecule has 0 fully saturated rings. The van der Waals surface area contributed by atoms with Gasteiger partial charge in [-0.2, -0.15) is 0 Å². The van der Waals surface area contributed by atoms with Gasteiger partial charge in [0.25, 0.3) is 5.69 Å². The summed E-state index contributed by atoms with van der Waals surface area (Å²) >= 11 is 1.22. The second kappa shape index (κ2) is 8.52. The van der Waals surface area contributed by atoms with Gasteiger partial charge < -0.3 is 19.1 Å². The van der Waals surface area contributed by atoms with E-state index >= 15 is 0 Å². The van der Waals surface area contributed by atoms with E-state index in [0.29, 0.717) is 33.8 Å². The van der Waals surface area contributed by atoms with Crippen LogP contribution in [0.2, 0.25) is 0 Å². The molecule has 0 aliphatic heterocycles. The molecule has 1 unspecified atom stereocenters. The Morgan fingerprint density at radius 3 is 2.55 bits per heavy atom. The van der Waals surface area contributed by atoms with E-state index in [4.69, 9.17) is 8.83 Å². The molecule has 1 atom stereocenters. The van der Waals surface area contributed by atoms with Crippen molar-refractivity contribution < 1.29 is 18.6 Å². The summed E-state index contributed by atoms with van der Waals surface area (Å²) < 4.78 is 11.0. The SMILES string of the molecule is Cc1ccc([N+](=O)[O-])cc1NC(=O)C(C)Sc1nc(-c2ccco2)c(-c2ccco2)[nH]1. The number of nitrogens with one attached hydrogen (secondary N) is 2. The van der Waals surface area contributed by atoms with Crippen LogP contribution in [0.1, 0.15) is 12.5 Å². The number of anilines is 1. The third-order valence-electron chi connectivity index (χ3n) is 4.55. The highest BCUT2D eigenvalue weighted by molar-refractivity contribution is 8.00. The predicted molar refractivity (Wildman–Crippen MR) is 116 cm³/mol. The van der Waals surface area contributed by atoms with Crippen LogP contribution in [0.15, 0.2) is 69.0 Å². The van der Waals surface area contributed by atoms with Crippen LogP contribution in [-0.2, 0) is 4.79 Å². The number of aromatic nitrogens is 2. The van der Waals surface area contributed by atoms with Crippen LogP contribution < -0.4 is 5.32 Å². The first kappa shape index (κ1) is 20.5. The lowest BCUT2D eigenvalue weighted by Crippen LogP contribution is -2.23. The van der Waals surface area contributed by atoms with Gasteiger partial charge in [0.1, 0.15) is 11.4 Å². The summed E-state index contributed by atoms with van der Waals surface area (Å²) in [5.41, 5.74) is 2.26. The number of furan rings is 2. The van der Waals surface area contributed by atoms with Gasteiger partial charge in [-0.15, -0.1) is 0 Å². The Morgan fingerprint density at radius 1 is 1.19 bits per heavy atom. The number of hydrogen-bond acceptors (Lipinski definition) is 7. The summed E-state index contributed by atoms with van der Waals surface area (Å²) in [5, 5.41) is 13.8. The van der Waals surface area contributed by atoms with Crippen molar-refractivity contribution in [2.75, 3.05) is 5.32 Å². The first-order chi connectivity index (χ1) is 14.9. The molecule has 4 rings (SSSR count). The Hall–Kier alpha value is -3.79. The van der Waals surface area contributed by atoms with E-state index in [1.165, 1.54) is 23.9 Å². The monoisotopic (exact) mass is 438 g/mol. The number of benzene rings is 1. The average molecular weight is 438 g/mol. The quantitative estimate of drug-likeness (QED) is 0.229. The van der Waals surface area contributed by atoms with E-state index < -0.39 is 10.2 Å². The van der Waals surface area contributed by atoms with Crippen molar-refractivity contribution in [2.24, 2.45) is 0 Å². The number of hydrogen-bond donors (Lipinski definition) is 2. The smallest absolute Gasteiger partial charge is 0.271 e. The molecule has 3 aromatic heterocycles. The highest BCUT2D eigenvalue weighted by Crippen LogP contribution is 2.34. The second-order valence-corrected chi connectivity index (χ2v) is 8.06. The number of aromatic amines is 1. The Kier molecular flexibility index (Phi) is 5.63. The molecule has 2 N–H and O–H groups in total. The summed E-state index contributed by atoms with van der Waals surface area (Å²) in [6.07, 6.45) is 3.12. The van der Waals surface area contributed by atoms with E-state index in [2.05, 4.69) is 15.3 Å². The van der Waals surface area contributed by atoms with Gasteiger partial charge in [0.05, 0.1) is 28.4 Å². The van der Waals surface area contributed by atoms with E-state index in [0.717, 1.165) is 5.56 Å². The normalized spacial score (nSPS) is 11.9. The van der Waals surface area contributed by atoms with Gasteiger partial charge in [-0.3, -0.25) is 14.9 Å². The number of aryl methyl sites for hydroxylation is 1. The van der Waals surface area contributed by atoms with Crippen molar-refractivity contribution in [1.82, 2.24) is 9.97 Å². The highest BCUT2D eigenvalue weighted by atomic mass is 32.2. The fourth-order valence-corrected chi connectivity index (χ4v) is 3.72. The molecule has 3 heterocycles. The molecule has 0 spiro atoms. The Morgan fingerprint density at radius 2 is 1.90 bits per heavy atom. The summed E-state index contributed by atoms with van der Waals surface area (Å²) in [6.45, 7) is 3.50.